The summed E-state index contributed by atoms with van der Waals surface area (Å²) in [5.41, 5.74) is 1.06. The quantitative estimate of drug-likeness (QED) is 0.651. The van der Waals surface area contributed by atoms with E-state index in [2.05, 4.69) is 39.2 Å². The Balaban J connectivity index is 1.48. The zero-order valence-corrected chi connectivity index (χ0v) is 16.2. The van der Waals surface area contributed by atoms with Crippen LogP contribution in [0.15, 0.2) is 47.1 Å². The van der Waals surface area contributed by atoms with Crippen molar-refractivity contribution in [2.45, 2.75) is 26.4 Å². The summed E-state index contributed by atoms with van der Waals surface area (Å²) in [5, 5.41) is 12.4. The Bertz CT molecular complexity index is 869. The smallest absolute Gasteiger partial charge is 0.169 e. The highest BCUT2D eigenvalue weighted by molar-refractivity contribution is 5.46. The molecule has 0 N–H and O–H groups in total. The number of furan rings is 1. The maximum Gasteiger partial charge on any atom is 0.169 e. The van der Waals surface area contributed by atoms with Gasteiger partial charge >= 0.3 is 0 Å². The van der Waals surface area contributed by atoms with Crippen LogP contribution >= 0.6 is 0 Å². The van der Waals surface area contributed by atoms with Gasteiger partial charge in [-0.3, -0.25) is 4.90 Å². The van der Waals surface area contributed by atoms with E-state index in [1.54, 1.807) is 6.26 Å². The van der Waals surface area contributed by atoms with Gasteiger partial charge in [0, 0.05) is 31.9 Å². The molecule has 0 bridgehead atoms. The second-order valence-corrected chi connectivity index (χ2v) is 7.46. The monoisotopic (exact) mass is 384 g/mol. The van der Waals surface area contributed by atoms with Crippen LogP contribution in [-0.2, 0) is 6.54 Å². The Labute approximate surface area is 163 Å². The first-order valence-corrected chi connectivity index (χ1v) is 9.65. The Morgan fingerprint density at radius 2 is 1.82 bits per heavy atom. The Kier molecular flexibility index (Phi) is 5.38. The molecule has 3 aromatic rings. The van der Waals surface area contributed by atoms with E-state index in [4.69, 9.17) is 4.42 Å². The Hall–Kier alpha value is -2.74. The first-order valence-electron chi connectivity index (χ1n) is 9.65. The molecule has 2 aromatic heterocycles. The van der Waals surface area contributed by atoms with E-state index in [1.807, 2.05) is 28.9 Å². The summed E-state index contributed by atoms with van der Waals surface area (Å²) in [7, 11) is 0. The van der Waals surface area contributed by atoms with E-state index in [0.29, 0.717) is 12.5 Å². The highest BCUT2D eigenvalue weighted by atomic mass is 19.1. The van der Waals surface area contributed by atoms with Crippen molar-refractivity contribution in [3.05, 3.63) is 60.1 Å². The first-order chi connectivity index (χ1) is 13.6. The predicted molar refractivity (Wildman–Crippen MR) is 103 cm³/mol. The van der Waals surface area contributed by atoms with Gasteiger partial charge in [-0.15, -0.1) is 5.10 Å². The molecule has 28 heavy (non-hydrogen) atoms. The third kappa shape index (κ3) is 3.91. The molecule has 7 nitrogen and oxygen atoms in total. The molecule has 1 unspecified atom stereocenters. The van der Waals surface area contributed by atoms with E-state index < -0.39 is 0 Å². The summed E-state index contributed by atoms with van der Waals surface area (Å²) in [6.07, 6.45) is 1.66. The van der Waals surface area contributed by atoms with Crippen molar-refractivity contribution >= 4 is 5.69 Å². The van der Waals surface area contributed by atoms with Gasteiger partial charge in [0.15, 0.2) is 5.82 Å². The lowest BCUT2D eigenvalue weighted by Crippen LogP contribution is -2.49. The van der Waals surface area contributed by atoms with Gasteiger partial charge < -0.3 is 9.32 Å². The van der Waals surface area contributed by atoms with E-state index >= 15 is 0 Å². The maximum absolute atomic E-state index is 13.2. The Morgan fingerprint density at radius 1 is 1.07 bits per heavy atom. The van der Waals surface area contributed by atoms with Crippen LogP contribution < -0.4 is 4.90 Å². The highest BCUT2D eigenvalue weighted by Crippen LogP contribution is 2.29. The van der Waals surface area contributed by atoms with Crippen molar-refractivity contribution in [3.8, 4) is 0 Å². The lowest BCUT2D eigenvalue weighted by molar-refractivity contribution is 0.135. The van der Waals surface area contributed by atoms with Crippen molar-refractivity contribution in [2.75, 3.05) is 31.1 Å². The van der Waals surface area contributed by atoms with Crippen molar-refractivity contribution in [1.29, 1.82) is 0 Å². The zero-order chi connectivity index (χ0) is 19.5. The average molecular weight is 384 g/mol. The summed E-state index contributed by atoms with van der Waals surface area (Å²) in [5.74, 6) is 1.85. The summed E-state index contributed by atoms with van der Waals surface area (Å²) in [6.45, 7) is 8.48. The minimum atomic E-state index is -0.203. The SMILES string of the molecule is CC(C)C(c1nnnn1Cc1ccco1)N1CCN(c2ccc(F)cc2)CC1. The van der Waals surface area contributed by atoms with Gasteiger partial charge in [0.25, 0.3) is 0 Å². The fraction of sp³-hybridized carbons (Fsp3) is 0.450. The first kappa shape index (κ1) is 18.6. The second-order valence-electron chi connectivity index (χ2n) is 7.46. The van der Waals surface area contributed by atoms with Crippen LogP contribution in [0, 0.1) is 11.7 Å². The molecule has 0 amide bonds. The molecule has 148 valence electrons. The molecular weight excluding hydrogens is 359 g/mol. The van der Waals surface area contributed by atoms with Crippen molar-refractivity contribution in [3.63, 3.8) is 0 Å². The molecule has 0 saturated carbocycles. The minimum absolute atomic E-state index is 0.125. The molecule has 1 aliphatic rings. The molecule has 8 heteroatoms. The topological polar surface area (TPSA) is 63.2 Å². The third-order valence-corrected chi connectivity index (χ3v) is 5.24. The molecular formula is C20H25FN6O. The third-order valence-electron chi connectivity index (χ3n) is 5.24. The zero-order valence-electron chi connectivity index (χ0n) is 16.2. The number of anilines is 1. The fourth-order valence-corrected chi connectivity index (χ4v) is 3.88. The van der Waals surface area contributed by atoms with Crippen LogP contribution in [0.2, 0.25) is 0 Å². The van der Waals surface area contributed by atoms with E-state index in [0.717, 1.165) is 43.5 Å². The van der Waals surface area contributed by atoms with Gasteiger partial charge in [0.1, 0.15) is 18.1 Å². The molecule has 0 spiro atoms. The number of piperazine rings is 1. The summed E-state index contributed by atoms with van der Waals surface area (Å²) < 4.78 is 20.5. The summed E-state index contributed by atoms with van der Waals surface area (Å²) in [4.78, 5) is 4.73. The number of benzene rings is 1. The molecule has 1 aliphatic heterocycles. The van der Waals surface area contributed by atoms with Gasteiger partial charge in [-0.2, -0.15) is 0 Å². The largest absolute Gasteiger partial charge is 0.467 e. The van der Waals surface area contributed by atoms with E-state index in [9.17, 15) is 4.39 Å². The lowest BCUT2D eigenvalue weighted by Gasteiger charge is -2.41. The number of tetrazole rings is 1. The van der Waals surface area contributed by atoms with E-state index in [-0.39, 0.29) is 11.9 Å². The molecule has 3 heterocycles. The molecule has 4 rings (SSSR count). The van der Waals surface area contributed by atoms with Gasteiger partial charge in [-0.1, -0.05) is 13.8 Å². The van der Waals surface area contributed by atoms with Crippen LogP contribution in [0.25, 0.3) is 0 Å². The molecule has 0 aliphatic carbocycles. The van der Waals surface area contributed by atoms with Gasteiger partial charge in [-0.25, -0.2) is 9.07 Å². The highest BCUT2D eigenvalue weighted by Gasteiger charge is 2.31. The number of hydrogen-bond acceptors (Lipinski definition) is 6. The van der Waals surface area contributed by atoms with Crippen LogP contribution in [0.3, 0.4) is 0 Å². The minimum Gasteiger partial charge on any atom is -0.467 e. The number of hydrogen-bond donors (Lipinski definition) is 0. The van der Waals surface area contributed by atoms with Gasteiger partial charge in [0.2, 0.25) is 0 Å². The van der Waals surface area contributed by atoms with Crippen LogP contribution in [0.1, 0.15) is 31.5 Å². The molecule has 1 atom stereocenters. The predicted octanol–water partition coefficient (Wildman–Crippen LogP) is 2.97. The number of nitrogens with zero attached hydrogens (tertiary/aromatic N) is 6. The second kappa shape index (κ2) is 8.10. The summed E-state index contributed by atoms with van der Waals surface area (Å²) in [6, 6.07) is 10.6. The number of rotatable bonds is 6. The van der Waals surface area contributed by atoms with Crippen LogP contribution in [0.5, 0.6) is 0 Å². The molecule has 0 radical (unpaired) electrons. The van der Waals surface area contributed by atoms with Crippen molar-refractivity contribution in [1.82, 2.24) is 25.1 Å². The van der Waals surface area contributed by atoms with E-state index in [1.165, 1.54) is 12.1 Å². The van der Waals surface area contributed by atoms with Crippen LogP contribution in [-0.4, -0.2) is 51.3 Å². The molecule has 1 saturated heterocycles. The average Bonchev–Trinajstić information content (AvgIpc) is 3.36. The van der Waals surface area contributed by atoms with Crippen molar-refractivity contribution in [2.24, 2.45) is 5.92 Å². The number of halogens is 1. The normalized spacial score (nSPS) is 16.6. The number of aromatic nitrogens is 4. The summed E-state index contributed by atoms with van der Waals surface area (Å²) >= 11 is 0. The van der Waals surface area contributed by atoms with Gasteiger partial charge in [0.05, 0.1) is 12.3 Å². The fourth-order valence-electron chi connectivity index (χ4n) is 3.88. The molecule has 1 aromatic carbocycles. The Morgan fingerprint density at radius 3 is 2.46 bits per heavy atom. The van der Waals surface area contributed by atoms with Gasteiger partial charge in [-0.05, 0) is 52.7 Å². The maximum atomic E-state index is 13.2. The van der Waals surface area contributed by atoms with Crippen LogP contribution in [0.4, 0.5) is 10.1 Å². The molecule has 1 fully saturated rings. The van der Waals surface area contributed by atoms with Crippen molar-refractivity contribution < 1.29 is 8.81 Å². The lowest BCUT2D eigenvalue weighted by atomic mass is 10.0. The standard InChI is InChI=1S/C20H25FN6O/c1-15(2)19(20-22-23-24-27(20)14-18-4-3-13-28-18)26-11-9-25(10-12-26)17-7-5-16(21)6-8-17/h3-8,13,15,19H,9-12,14H2,1-2H3.